The minimum atomic E-state index is -0.879. The summed E-state index contributed by atoms with van der Waals surface area (Å²) in [5.41, 5.74) is 1.21. The van der Waals surface area contributed by atoms with Gasteiger partial charge in [0.05, 0.1) is 12.7 Å². The Morgan fingerprint density at radius 3 is 2.12 bits per heavy atom. The Morgan fingerprint density at radius 2 is 1.58 bits per heavy atom. The number of aliphatic hydroxyl groups is 1. The second-order valence-corrected chi connectivity index (χ2v) is 6.20. The topological polar surface area (TPSA) is 32.7 Å². The van der Waals surface area contributed by atoms with Crippen LogP contribution in [0.2, 0.25) is 0 Å². The Labute approximate surface area is 145 Å². The maximum absolute atomic E-state index is 11.5. The van der Waals surface area contributed by atoms with E-state index in [9.17, 15) is 5.11 Å². The molecule has 1 atom stereocenters. The first-order valence-electron chi connectivity index (χ1n) is 8.74. The summed E-state index contributed by atoms with van der Waals surface area (Å²) < 4.78 is 5.24. The Hall–Kier alpha value is -1.84. The standard InChI is InChI=1S/C21H29NO2/c1-4-22(5-2)16-15-21(23,17-18-9-7-6-8-10-18)19-11-13-20(24-3)14-12-19/h6-14,23H,4-5,15-17H2,1-3H3. The Balaban J connectivity index is 2.24. The highest BCUT2D eigenvalue weighted by molar-refractivity contribution is 5.32. The molecule has 0 aliphatic heterocycles. The van der Waals surface area contributed by atoms with Crippen molar-refractivity contribution in [3.8, 4) is 5.75 Å². The third kappa shape index (κ3) is 4.83. The number of ether oxygens (including phenoxy) is 1. The zero-order chi connectivity index (χ0) is 17.4. The van der Waals surface area contributed by atoms with Crippen molar-refractivity contribution in [2.45, 2.75) is 32.3 Å². The van der Waals surface area contributed by atoms with Crippen molar-refractivity contribution in [3.63, 3.8) is 0 Å². The van der Waals surface area contributed by atoms with Crippen LogP contribution in [-0.4, -0.2) is 36.8 Å². The van der Waals surface area contributed by atoms with E-state index in [4.69, 9.17) is 4.74 Å². The number of nitrogens with zero attached hydrogens (tertiary/aromatic N) is 1. The van der Waals surface area contributed by atoms with Gasteiger partial charge in [-0.3, -0.25) is 0 Å². The largest absolute Gasteiger partial charge is 0.497 e. The monoisotopic (exact) mass is 327 g/mol. The lowest BCUT2D eigenvalue weighted by Crippen LogP contribution is -2.35. The van der Waals surface area contributed by atoms with E-state index in [2.05, 4.69) is 30.9 Å². The molecule has 1 N–H and O–H groups in total. The summed E-state index contributed by atoms with van der Waals surface area (Å²) in [7, 11) is 1.66. The van der Waals surface area contributed by atoms with Crippen LogP contribution in [0.25, 0.3) is 0 Å². The molecule has 3 heteroatoms. The molecule has 2 aromatic carbocycles. The van der Waals surface area contributed by atoms with Crippen LogP contribution in [0.5, 0.6) is 5.75 Å². The average Bonchev–Trinajstić information content (AvgIpc) is 2.63. The molecule has 2 rings (SSSR count). The van der Waals surface area contributed by atoms with E-state index in [1.165, 1.54) is 0 Å². The summed E-state index contributed by atoms with van der Waals surface area (Å²) in [5.74, 6) is 0.810. The molecule has 0 aromatic heterocycles. The third-order valence-corrected chi connectivity index (χ3v) is 4.70. The molecule has 0 aliphatic carbocycles. The van der Waals surface area contributed by atoms with Gasteiger partial charge in [-0.2, -0.15) is 0 Å². The normalized spacial score (nSPS) is 13.7. The van der Waals surface area contributed by atoms with Gasteiger partial charge in [-0.15, -0.1) is 0 Å². The van der Waals surface area contributed by atoms with Gasteiger partial charge < -0.3 is 14.7 Å². The maximum Gasteiger partial charge on any atom is 0.118 e. The quantitative estimate of drug-likeness (QED) is 0.759. The van der Waals surface area contributed by atoms with Gasteiger partial charge in [0, 0.05) is 13.0 Å². The Bertz CT molecular complexity index is 593. The van der Waals surface area contributed by atoms with Crippen LogP contribution in [-0.2, 0) is 12.0 Å². The molecule has 0 bridgehead atoms. The molecule has 130 valence electrons. The molecule has 0 aliphatic rings. The molecular weight excluding hydrogens is 298 g/mol. The lowest BCUT2D eigenvalue weighted by molar-refractivity contribution is 0.0181. The minimum absolute atomic E-state index is 0.613. The van der Waals surface area contributed by atoms with Gasteiger partial charge >= 0.3 is 0 Å². The minimum Gasteiger partial charge on any atom is -0.497 e. The number of benzene rings is 2. The summed E-state index contributed by atoms with van der Waals surface area (Å²) >= 11 is 0. The Morgan fingerprint density at radius 1 is 0.958 bits per heavy atom. The molecular formula is C21H29NO2. The fourth-order valence-electron chi connectivity index (χ4n) is 3.05. The number of rotatable bonds is 9. The molecule has 0 amide bonds. The van der Waals surface area contributed by atoms with E-state index in [0.29, 0.717) is 12.8 Å². The molecule has 2 aromatic rings. The molecule has 3 nitrogen and oxygen atoms in total. The van der Waals surface area contributed by atoms with E-state index in [1.807, 2.05) is 42.5 Å². The fourth-order valence-corrected chi connectivity index (χ4v) is 3.05. The van der Waals surface area contributed by atoms with E-state index < -0.39 is 5.60 Å². The van der Waals surface area contributed by atoms with Crippen molar-refractivity contribution >= 4 is 0 Å². The third-order valence-electron chi connectivity index (χ3n) is 4.70. The van der Waals surface area contributed by atoms with E-state index >= 15 is 0 Å². The summed E-state index contributed by atoms with van der Waals surface area (Å²) in [4.78, 5) is 2.35. The highest BCUT2D eigenvalue weighted by Crippen LogP contribution is 2.31. The summed E-state index contributed by atoms with van der Waals surface area (Å²) in [5, 5.41) is 11.5. The van der Waals surface area contributed by atoms with Gasteiger partial charge in [0.15, 0.2) is 0 Å². The lowest BCUT2D eigenvalue weighted by Gasteiger charge is -2.31. The van der Waals surface area contributed by atoms with Crippen molar-refractivity contribution in [1.29, 1.82) is 0 Å². The van der Waals surface area contributed by atoms with Crippen LogP contribution in [0.4, 0.5) is 0 Å². The predicted octanol–water partition coefficient (Wildman–Crippen LogP) is 3.86. The van der Waals surface area contributed by atoms with Gasteiger partial charge in [0.25, 0.3) is 0 Å². The first kappa shape index (κ1) is 18.5. The zero-order valence-corrected chi connectivity index (χ0v) is 15.0. The highest BCUT2D eigenvalue weighted by Gasteiger charge is 2.30. The van der Waals surface area contributed by atoms with Crippen molar-refractivity contribution in [1.82, 2.24) is 4.90 Å². The van der Waals surface area contributed by atoms with Crippen molar-refractivity contribution in [2.24, 2.45) is 0 Å². The second kappa shape index (κ2) is 8.86. The van der Waals surface area contributed by atoms with Gasteiger partial charge in [0.1, 0.15) is 5.75 Å². The van der Waals surface area contributed by atoms with Crippen LogP contribution in [0.15, 0.2) is 54.6 Å². The highest BCUT2D eigenvalue weighted by atomic mass is 16.5. The summed E-state index contributed by atoms with van der Waals surface area (Å²) in [6.07, 6.45) is 1.32. The summed E-state index contributed by atoms with van der Waals surface area (Å²) in [6.45, 7) is 7.20. The number of hydrogen-bond donors (Lipinski definition) is 1. The van der Waals surface area contributed by atoms with Crippen LogP contribution >= 0.6 is 0 Å². The lowest BCUT2D eigenvalue weighted by atomic mass is 9.84. The molecule has 0 saturated carbocycles. The smallest absolute Gasteiger partial charge is 0.118 e. The second-order valence-electron chi connectivity index (χ2n) is 6.20. The predicted molar refractivity (Wildman–Crippen MR) is 99.4 cm³/mol. The van der Waals surface area contributed by atoms with Crippen LogP contribution in [0, 0.1) is 0 Å². The fraction of sp³-hybridized carbons (Fsp3) is 0.429. The molecule has 0 heterocycles. The van der Waals surface area contributed by atoms with Crippen molar-refractivity contribution in [2.75, 3.05) is 26.7 Å². The van der Waals surface area contributed by atoms with Gasteiger partial charge in [-0.25, -0.2) is 0 Å². The zero-order valence-electron chi connectivity index (χ0n) is 15.0. The SMILES string of the molecule is CCN(CC)CCC(O)(Cc1ccccc1)c1ccc(OC)cc1. The molecule has 0 fully saturated rings. The average molecular weight is 327 g/mol. The molecule has 0 spiro atoms. The van der Waals surface area contributed by atoms with Crippen LogP contribution in [0.1, 0.15) is 31.4 Å². The van der Waals surface area contributed by atoms with E-state index in [-0.39, 0.29) is 0 Å². The molecule has 0 radical (unpaired) electrons. The first-order valence-corrected chi connectivity index (χ1v) is 8.74. The van der Waals surface area contributed by atoms with Gasteiger partial charge in [-0.05, 0) is 42.8 Å². The van der Waals surface area contributed by atoms with Crippen LogP contribution < -0.4 is 4.74 Å². The number of hydrogen-bond acceptors (Lipinski definition) is 3. The molecule has 1 unspecified atom stereocenters. The Kier molecular flexibility index (Phi) is 6.83. The van der Waals surface area contributed by atoms with E-state index in [1.54, 1.807) is 7.11 Å². The van der Waals surface area contributed by atoms with Crippen molar-refractivity contribution < 1.29 is 9.84 Å². The summed E-state index contributed by atoms with van der Waals surface area (Å²) in [6, 6.07) is 18.0. The van der Waals surface area contributed by atoms with E-state index in [0.717, 1.165) is 36.5 Å². The first-order chi connectivity index (χ1) is 11.6. The van der Waals surface area contributed by atoms with Crippen molar-refractivity contribution in [3.05, 3.63) is 65.7 Å². The number of methoxy groups -OCH3 is 1. The molecule has 24 heavy (non-hydrogen) atoms. The molecule has 0 saturated heterocycles. The maximum atomic E-state index is 11.5. The van der Waals surface area contributed by atoms with Gasteiger partial charge in [-0.1, -0.05) is 56.3 Å². The van der Waals surface area contributed by atoms with Crippen LogP contribution in [0.3, 0.4) is 0 Å². The van der Waals surface area contributed by atoms with Gasteiger partial charge in [0.2, 0.25) is 0 Å².